The highest BCUT2D eigenvalue weighted by molar-refractivity contribution is 7.89. The van der Waals surface area contributed by atoms with E-state index in [1.54, 1.807) is 13.2 Å². The number of fused-ring (bicyclic) bond motifs is 1. The number of hydrogen-bond donors (Lipinski definition) is 0. The number of imidazole rings is 1. The first-order valence-electron chi connectivity index (χ1n) is 6.73. The molecular formula is C12H20N4O3S. The van der Waals surface area contributed by atoms with Crippen LogP contribution in [-0.2, 0) is 28.4 Å². The van der Waals surface area contributed by atoms with Crippen LogP contribution in [0.2, 0.25) is 0 Å². The maximum atomic E-state index is 12.0. The number of hydrogen-bond acceptors (Lipinski definition) is 5. The SMILES string of the molecule is CN1[C@@H]2CN(Cc3nccn3C)C[C@@H]2OCCS1(=O)=O. The third kappa shape index (κ3) is 2.48. The minimum Gasteiger partial charge on any atom is -0.374 e. The first-order valence-corrected chi connectivity index (χ1v) is 8.34. The highest BCUT2D eigenvalue weighted by Crippen LogP contribution is 2.24. The van der Waals surface area contributed by atoms with Crippen molar-refractivity contribution in [2.45, 2.75) is 18.7 Å². The second kappa shape index (κ2) is 5.10. The van der Waals surface area contributed by atoms with Gasteiger partial charge in [-0.25, -0.2) is 13.4 Å². The minimum absolute atomic E-state index is 0.0439. The summed E-state index contributed by atoms with van der Waals surface area (Å²) in [5.74, 6) is 1.06. The lowest BCUT2D eigenvalue weighted by Crippen LogP contribution is -2.43. The van der Waals surface area contributed by atoms with Gasteiger partial charge in [0.15, 0.2) is 0 Å². The van der Waals surface area contributed by atoms with Gasteiger partial charge in [-0.3, -0.25) is 4.90 Å². The van der Waals surface area contributed by atoms with Crippen molar-refractivity contribution in [1.29, 1.82) is 0 Å². The van der Waals surface area contributed by atoms with Crippen molar-refractivity contribution in [2.75, 3.05) is 32.5 Å². The second-order valence-corrected chi connectivity index (χ2v) is 7.61. The van der Waals surface area contributed by atoms with Gasteiger partial charge in [0.25, 0.3) is 0 Å². The van der Waals surface area contributed by atoms with E-state index >= 15 is 0 Å². The highest BCUT2D eigenvalue weighted by Gasteiger charge is 2.42. The van der Waals surface area contributed by atoms with Crippen LogP contribution in [0.4, 0.5) is 0 Å². The van der Waals surface area contributed by atoms with Crippen LogP contribution in [0, 0.1) is 0 Å². The molecule has 3 rings (SSSR count). The van der Waals surface area contributed by atoms with Gasteiger partial charge in [0.05, 0.1) is 31.1 Å². The first kappa shape index (κ1) is 14.0. The lowest BCUT2D eigenvalue weighted by atomic mass is 10.2. The van der Waals surface area contributed by atoms with E-state index < -0.39 is 10.0 Å². The highest BCUT2D eigenvalue weighted by atomic mass is 32.2. The zero-order valence-electron chi connectivity index (χ0n) is 11.8. The van der Waals surface area contributed by atoms with E-state index in [2.05, 4.69) is 9.88 Å². The normalized spacial score (nSPS) is 31.1. The summed E-state index contributed by atoms with van der Waals surface area (Å²) < 4.78 is 33.3. The number of nitrogens with zero attached hydrogens (tertiary/aromatic N) is 4. The lowest BCUT2D eigenvalue weighted by Gasteiger charge is -2.23. The monoisotopic (exact) mass is 300 g/mol. The Morgan fingerprint density at radius 1 is 1.40 bits per heavy atom. The summed E-state index contributed by atoms with van der Waals surface area (Å²) in [6.07, 6.45) is 3.64. The molecule has 1 aromatic heterocycles. The number of likely N-dealkylation sites (N-methyl/N-ethyl adjacent to an activating group) is 1. The summed E-state index contributed by atoms with van der Waals surface area (Å²) in [6, 6.07) is -0.0947. The molecule has 2 aliphatic rings. The Morgan fingerprint density at radius 2 is 2.20 bits per heavy atom. The van der Waals surface area contributed by atoms with Gasteiger partial charge in [-0.1, -0.05) is 0 Å². The average Bonchev–Trinajstić information content (AvgIpc) is 2.94. The molecule has 3 heterocycles. The van der Waals surface area contributed by atoms with Crippen molar-refractivity contribution in [3.05, 3.63) is 18.2 Å². The Hall–Kier alpha value is -0.960. The van der Waals surface area contributed by atoms with Gasteiger partial charge in [0.2, 0.25) is 10.0 Å². The third-order valence-electron chi connectivity index (χ3n) is 4.18. The quantitative estimate of drug-likeness (QED) is 0.720. The van der Waals surface area contributed by atoms with Gasteiger partial charge < -0.3 is 9.30 Å². The zero-order valence-corrected chi connectivity index (χ0v) is 12.6. The molecule has 0 radical (unpaired) electrons. The van der Waals surface area contributed by atoms with Crippen LogP contribution in [-0.4, -0.2) is 71.8 Å². The van der Waals surface area contributed by atoms with Gasteiger partial charge in [-0.2, -0.15) is 4.31 Å². The van der Waals surface area contributed by atoms with Crippen LogP contribution in [0.25, 0.3) is 0 Å². The zero-order chi connectivity index (χ0) is 14.3. The Bertz CT molecular complexity index is 585. The van der Waals surface area contributed by atoms with Crippen LogP contribution in [0.1, 0.15) is 5.82 Å². The number of rotatable bonds is 2. The van der Waals surface area contributed by atoms with Crippen molar-refractivity contribution in [3.63, 3.8) is 0 Å². The molecule has 0 aromatic carbocycles. The molecule has 7 nitrogen and oxygen atoms in total. The lowest BCUT2D eigenvalue weighted by molar-refractivity contribution is 0.0499. The van der Waals surface area contributed by atoms with Crippen LogP contribution in [0.3, 0.4) is 0 Å². The molecule has 2 saturated heterocycles. The molecule has 2 aliphatic heterocycles. The van der Waals surface area contributed by atoms with Crippen molar-refractivity contribution in [3.8, 4) is 0 Å². The maximum Gasteiger partial charge on any atom is 0.216 e. The van der Waals surface area contributed by atoms with Gasteiger partial charge in [-0.05, 0) is 0 Å². The van der Waals surface area contributed by atoms with E-state index in [0.29, 0.717) is 13.1 Å². The Kier molecular flexibility index (Phi) is 3.57. The van der Waals surface area contributed by atoms with Gasteiger partial charge >= 0.3 is 0 Å². The van der Waals surface area contributed by atoms with E-state index in [0.717, 1.165) is 12.4 Å². The van der Waals surface area contributed by atoms with Crippen molar-refractivity contribution in [2.24, 2.45) is 7.05 Å². The van der Waals surface area contributed by atoms with Crippen molar-refractivity contribution < 1.29 is 13.2 Å². The molecule has 1 aromatic rings. The number of ether oxygens (including phenoxy) is 1. The third-order valence-corrected chi connectivity index (χ3v) is 6.01. The fraction of sp³-hybridized carbons (Fsp3) is 0.750. The van der Waals surface area contributed by atoms with Crippen LogP contribution in [0.5, 0.6) is 0 Å². The number of aromatic nitrogens is 2. The number of aryl methyl sites for hydroxylation is 1. The molecule has 0 amide bonds. The predicted octanol–water partition coefficient (Wildman–Crippen LogP) is -0.735. The Balaban J connectivity index is 1.73. The summed E-state index contributed by atoms with van der Waals surface area (Å²) in [5, 5.41) is 0. The summed E-state index contributed by atoms with van der Waals surface area (Å²) in [5.41, 5.74) is 0. The fourth-order valence-corrected chi connectivity index (χ4v) is 4.09. The summed E-state index contributed by atoms with van der Waals surface area (Å²) in [7, 11) is 0.436. The van der Waals surface area contributed by atoms with Gasteiger partial charge in [0, 0.05) is 39.6 Å². The Morgan fingerprint density at radius 3 is 2.90 bits per heavy atom. The molecule has 0 spiro atoms. The first-order chi connectivity index (χ1) is 9.47. The molecule has 0 N–H and O–H groups in total. The molecule has 20 heavy (non-hydrogen) atoms. The summed E-state index contributed by atoms with van der Waals surface area (Å²) in [6.45, 7) is 2.43. The Labute approximate surface area is 119 Å². The number of likely N-dealkylation sites (tertiary alicyclic amines) is 1. The molecule has 112 valence electrons. The van der Waals surface area contributed by atoms with Crippen molar-refractivity contribution in [1.82, 2.24) is 18.8 Å². The van der Waals surface area contributed by atoms with E-state index in [9.17, 15) is 8.42 Å². The van der Waals surface area contributed by atoms with E-state index in [4.69, 9.17) is 4.74 Å². The molecular weight excluding hydrogens is 280 g/mol. The standard InChI is InChI=1S/C12H20N4O3S/c1-14-4-3-13-12(14)9-16-7-10-11(8-16)19-5-6-20(17,18)15(10)2/h3-4,10-11H,5-9H2,1-2H3/t10-,11+/m1/s1. The molecule has 0 bridgehead atoms. The van der Waals surface area contributed by atoms with E-state index in [1.807, 2.05) is 17.8 Å². The van der Waals surface area contributed by atoms with Gasteiger partial charge in [-0.15, -0.1) is 0 Å². The summed E-state index contributed by atoms with van der Waals surface area (Å²) in [4.78, 5) is 6.51. The molecule has 0 aliphatic carbocycles. The summed E-state index contributed by atoms with van der Waals surface area (Å²) >= 11 is 0. The van der Waals surface area contributed by atoms with Crippen LogP contribution >= 0.6 is 0 Å². The number of sulfonamides is 1. The minimum atomic E-state index is -3.18. The molecule has 2 fully saturated rings. The molecule has 0 saturated carbocycles. The van der Waals surface area contributed by atoms with Crippen LogP contribution < -0.4 is 0 Å². The van der Waals surface area contributed by atoms with Gasteiger partial charge in [0.1, 0.15) is 5.82 Å². The fourth-order valence-electron chi connectivity index (χ4n) is 2.88. The second-order valence-electron chi connectivity index (χ2n) is 5.46. The van der Waals surface area contributed by atoms with Crippen molar-refractivity contribution >= 4 is 10.0 Å². The molecule has 0 unspecified atom stereocenters. The maximum absolute atomic E-state index is 12.0. The molecule has 2 atom stereocenters. The average molecular weight is 300 g/mol. The molecule has 8 heteroatoms. The van der Waals surface area contributed by atoms with E-state index in [1.165, 1.54) is 4.31 Å². The predicted molar refractivity (Wildman–Crippen MR) is 73.6 cm³/mol. The largest absolute Gasteiger partial charge is 0.374 e. The van der Waals surface area contributed by atoms with Crippen LogP contribution in [0.15, 0.2) is 12.4 Å². The van der Waals surface area contributed by atoms with E-state index in [-0.39, 0.29) is 24.5 Å². The topological polar surface area (TPSA) is 67.7 Å². The smallest absolute Gasteiger partial charge is 0.216 e.